The van der Waals surface area contributed by atoms with E-state index in [2.05, 4.69) is 38.1 Å². The lowest BCUT2D eigenvalue weighted by Crippen LogP contribution is -2.24. The summed E-state index contributed by atoms with van der Waals surface area (Å²) in [6.07, 6.45) is 4.62. The number of hydrogen-bond donors (Lipinski definition) is 1. The molecule has 0 unspecified atom stereocenters. The fourth-order valence-corrected chi connectivity index (χ4v) is 2.01. The normalized spacial score (nSPS) is 18.1. The van der Waals surface area contributed by atoms with Gasteiger partial charge in [-0.1, -0.05) is 38.1 Å². The van der Waals surface area contributed by atoms with Gasteiger partial charge in [0.2, 0.25) is 0 Å². The molecule has 1 aliphatic rings. The molecule has 0 atom stereocenters. The minimum Gasteiger partial charge on any atom is -0.325 e. The van der Waals surface area contributed by atoms with E-state index in [1.165, 1.54) is 30.4 Å². The molecule has 1 nitrogen and oxygen atoms in total. The molecule has 0 saturated heterocycles. The van der Waals surface area contributed by atoms with E-state index in [-0.39, 0.29) is 5.54 Å². The molecule has 0 aliphatic heterocycles. The molecule has 2 rings (SSSR count). The van der Waals surface area contributed by atoms with Crippen LogP contribution in [-0.2, 0) is 12.8 Å². The van der Waals surface area contributed by atoms with Gasteiger partial charge < -0.3 is 5.73 Å². The molecule has 82 valence electrons. The summed E-state index contributed by atoms with van der Waals surface area (Å²) in [4.78, 5) is 0. The standard InChI is InChI=1S/C14H21N/c1-11(2)9-12-3-5-13(6-4-12)10-14(15)7-8-14/h3-6,11H,7-10,15H2,1-2H3. The molecule has 1 aromatic carbocycles. The van der Waals surface area contributed by atoms with Gasteiger partial charge in [0, 0.05) is 5.54 Å². The molecule has 1 aromatic rings. The van der Waals surface area contributed by atoms with Crippen LogP contribution >= 0.6 is 0 Å². The molecule has 2 N–H and O–H groups in total. The highest BCUT2D eigenvalue weighted by atomic mass is 14.8. The first kappa shape index (κ1) is 10.7. The molecule has 0 heterocycles. The van der Waals surface area contributed by atoms with Gasteiger partial charge in [-0.05, 0) is 42.7 Å². The number of benzene rings is 1. The van der Waals surface area contributed by atoms with Crippen molar-refractivity contribution < 1.29 is 0 Å². The highest BCUT2D eigenvalue weighted by molar-refractivity contribution is 5.25. The van der Waals surface area contributed by atoms with Crippen molar-refractivity contribution in [3.05, 3.63) is 35.4 Å². The van der Waals surface area contributed by atoms with Gasteiger partial charge in [-0.3, -0.25) is 0 Å². The lowest BCUT2D eigenvalue weighted by atomic mass is 9.99. The van der Waals surface area contributed by atoms with Crippen LogP contribution in [-0.4, -0.2) is 5.54 Å². The molecule has 15 heavy (non-hydrogen) atoms. The summed E-state index contributed by atoms with van der Waals surface area (Å²) in [6, 6.07) is 8.98. The summed E-state index contributed by atoms with van der Waals surface area (Å²) in [6.45, 7) is 4.51. The summed E-state index contributed by atoms with van der Waals surface area (Å²) in [5.41, 5.74) is 9.07. The van der Waals surface area contributed by atoms with Crippen molar-refractivity contribution in [3.8, 4) is 0 Å². The number of nitrogens with two attached hydrogens (primary N) is 1. The minimum atomic E-state index is 0.138. The van der Waals surface area contributed by atoms with Crippen molar-refractivity contribution in [2.24, 2.45) is 11.7 Å². The Bertz CT molecular complexity index is 320. The van der Waals surface area contributed by atoms with Gasteiger partial charge in [0.05, 0.1) is 0 Å². The Morgan fingerprint density at radius 2 is 1.67 bits per heavy atom. The molecule has 0 aromatic heterocycles. The van der Waals surface area contributed by atoms with Gasteiger partial charge in [-0.25, -0.2) is 0 Å². The molecular formula is C14H21N. The third kappa shape index (κ3) is 3.07. The molecule has 1 heteroatoms. The third-order valence-corrected chi connectivity index (χ3v) is 3.12. The zero-order valence-electron chi connectivity index (χ0n) is 9.79. The summed E-state index contributed by atoms with van der Waals surface area (Å²) in [5.74, 6) is 0.736. The highest BCUT2D eigenvalue weighted by Gasteiger charge is 2.37. The fourth-order valence-electron chi connectivity index (χ4n) is 2.01. The maximum absolute atomic E-state index is 6.10. The van der Waals surface area contributed by atoms with Crippen LogP contribution in [0.3, 0.4) is 0 Å². The van der Waals surface area contributed by atoms with Gasteiger partial charge in [-0.2, -0.15) is 0 Å². The van der Waals surface area contributed by atoms with Gasteiger partial charge in [0.25, 0.3) is 0 Å². The predicted octanol–water partition coefficient (Wildman–Crippen LogP) is 2.92. The second kappa shape index (κ2) is 3.97. The van der Waals surface area contributed by atoms with Crippen LogP contribution in [0.5, 0.6) is 0 Å². The predicted molar refractivity (Wildman–Crippen MR) is 64.8 cm³/mol. The minimum absolute atomic E-state index is 0.138. The van der Waals surface area contributed by atoms with Crippen LogP contribution in [0.2, 0.25) is 0 Å². The van der Waals surface area contributed by atoms with E-state index in [0.717, 1.165) is 12.3 Å². The Balaban J connectivity index is 1.97. The second-order valence-electron chi connectivity index (χ2n) is 5.45. The molecule has 1 aliphatic carbocycles. The molecular weight excluding hydrogens is 182 g/mol. The average molecular weight is 203 g/mol. The van der Waals surface area contributed by atoms with E-state index in [0.29, 0.717) is 0 Å². The second-order valence-corrected chi connectivity index (χ2v) is 5.45. The Kier molecular flexibility index (Phi) is 2.83. The summed E-state index contributed by atoms with van der Waals surface area (Å²) >= 11 is 0. The fraction of sp³-hybridized carbons (Fsp3) is 0.571. The van der Waals surface area contributed by atoms with Crippen molar-refractivity contribution in [1.29, 1.82) is 0 Å². The SMILES string of the molecule is CC(C)Cc1ccc(CC2(N)CC2)cc1. The van der Waals surface area contributed by atoms with Crippen LogP contribution < -0.4 is 5.73 Å². The Morgan fingerprint density at radius 1 is 1.13 bits per heavy atom. The van der Waals surface area contributed by atoms with E-state index < -0.39 is 0 Å². The maximum atomic E-state index is 6.10. The van der Waals surface area contributed by atoms with Crippen LogP contribution in [0.25, 0.3) is 0 Å². The average Bonchev–Trinajstić information content (AvgIpc) is 2.86. The lowest BCUT2D eigenvalue weighted by Gasteiger charge is -2.10. The molecule has 0 amide bonds. The zero-order chi connectivity index (χ0) is 10.9. The maximum Gasteiger partial charge on any atom is 0.0196 e. The third-order valence-electron chi connectivity index (χ3n) is 3.12. The Hall–Kier alpha value is -0.820. The Morgan fingerprint density at radius 3 is 2.13 bits per heavy atom. The molecule has 0 bridgehead atoms. The van der Waals surface area contributed by atoms with E-state index >= 15 is 0 Å². The summed E-state index contributed by atoms with van der Waals surface area (Å²) in [7, 11) is 0. The number of hydrogen-bond acceptors (Lipinski definition) is 1. The van der Waals surface area contributed by atoms with Crippen molar-refractivity contribution in [2.45, 2.75) is 45.1 Å². The van der Waals surface area contributed by atoms with Gasteiger partial charge in [-0.15, -0.1) is 0 Å². The van der Waals surface area contributed by atoms with Crippen molar-refractivity contribution in [2.75, 3.05) is 0 Å². The monoisotopic (exact) mass is 203 g/mol. The largest absolute Gasteiger partial charge is 0.325 e. The Labute approximate surface area is 92.7 Å². The van der Waals surface area contributed by atoms with Crippen LogP contribution in [0.1, 0.15) is 37.8 Å². The first-order chi connectivity index (χ1) is 7.07. The topological polar surface area (TPSA) is 26.0 Å². The van der Waals surface area contributed by atoms with E-state index in [4.69, 9.17) is 5.73 Å². The zero-order valence-corrected chi connectivity index (χ0v) is 9.79. The lowest BCUT2D eigenvalue weighted by molar-refractivity contribution is 0.645. The quantitative estimate of drug-likeness (QED) is 0.800. The molecule has 0 radical (unpaired) electrons. The van der Waals surface area contributed by atoms with E-state index in [1.807, 2.05) is 0 Å². The smallest absolute Gasteiger partial charge is 0.0196 e. The first-order valence-electron chi connectivity index (χ1n) is 5.94. The van der Waals surface area contributed by atoms with Crippen molar-refractivity contribution in [1.82, 2.24) is 0 Å². The van der Waals surface area contributed by atoms with Crippen LogP contribution in [0.15, 0.2) is 24.3 Å². The summed E-state index contributed by atoms with van der Waals surface area (Å²) < 4.78 is 0. The van der Waals surface area contributed by atoms with E-state index in [1.54, 1.807) is 0 Å². The van der Waals surface area contributed by atoms with E-state index in [9.17, 15) is 0 Å². The highest BCUT2D eigenvalue weighted by Crippen LogP contribution is 2.35. The van der Waals surface area contributed by atoms with Crippen LogP contribution in [0, 0.1) is 5.92 Å². The van der Waals surface area contributed by atoms with Crippen molar-refractivity contribution >= 4 is 0 Å². The van der Waals surface area contributed by atoms with Crippen LogP contribution in [0.4, 0.5) is 0 Å². The number of rotatable bonds is 4. The van der Waals surface area contributed by atoms with Gasteiger partial charge >= 0.3 is 0 Å². The summed E-state index contributed by atoms with van der Waals surface area (Å²) in [5, 5.41) is 0. The molecule has 1 saturated carbocycles. The van der Waals surface area contributed by atoms with Gasteiger partial charge in [0.1, 0.15) is 0 Å². The molecule has 0 spiro atoms. The molecule has 1 fully saturated rings. The van der Waals surface area contributed by atoms with Crippen molar-refractivity contribution in [3.63, 3.8) is 0 Å². The van der Waals surface area contributed by atoms with Gasteiger partial charge in [0.15, 0.2) is 0 Å². The first-order valence-corrected chi connectivity index (χ1v) is 5.94.